The van der Waals surface area contributed by atoms with Crippen LogP contribution >= 0.6 is 11.3 Å². The van der Waals surface area contributed by atoms with Gasteiger partial charge in [0.05, 0.1) is 4.92 Å². The van der Waals surface area contributed by atoms with Crippen molar-refractivity contribution in [2.24, 2.45) is 0 Å². The van der Waals surface area contributed by atoms with E-state index >= 15 is 0 Å². The second-order valence-corrected chi connectivity index (χ2v) is 5.43. The Bertz CT molecular complexity index is 673. The number of nitro benzene ring substituents is 1. The van der Waals surface area contributed by atoms with Crippen LogP contribution in [0.1, 0.15) is 22.2 Å². The fourth-order valence-corrected chi connectivity index (χ4v) is 2.68. The molecule has 0 fully saturated rings. The lowest BCUT2D eigenvalue weighted by molar-refractivity contribution is -0.385. The van der Waals surface area contributed by atoms with Crippen LogP contribution in [0, 0.1) is 21.4 Å². The van der Waals surface area contributed by atoms with E-state index in [4.69, 9.17) is 5.26 Å². The molecule has 0 atom stereocenters. The van der Waals surface area contributed by atoms with E-state index in [0.717, 1.165) is 6.42 Å². The number of nitriles is 1. The molecule has 0 saturated carbocycles. The predicted molar refractivity (Wildman–Crippen MR) is 78.8 cm³/mol. The van der Waals surface area contributed by atoms with Crippen LogP contribution in [0.3, 0.4) is 0 Å². The van der Waals surface area contributed by atoms with Crippen LogP contribution in [0.15, 0.2) is 30.3 Å². The maximum Gasteiger partial charge on any atom is 0.289 e. The maximum atomic E-state index is 10.9. The SMILES string of the molecule is CCc1ccc(CNc2ccc(C#N)c([N+](=O)[O-])c2)s1. The van der Waals surface area contributed by atoms with E-state index in [2.05, 4.69) is 24.4 Å². The van der Waals surface area contributed by atoms with Crippen LogP contribution in [-0.4, -0.2) is 4.92 Å². The molecule has 0 bridgehead atoms. The van der Waals surface area contributed by atoms with Gasteiger partial charge in [-0.05, 0) is 30.7 Å². The molecule has 0 saturated heterocycles. The van der Waals surface area contributed by atoms with Crippen molar-refractivity contribution in [1.29, 1.82) is 5.26 Å². The molecule has 0 spiro atoms. The summed E-state index contributed by atoms with van der Waals surface area (Å²) < 4.78 is 0. The Hall–Kier alpha value is -2.39. The largest absolute Gasteiger partial charge is 0.380 e. The average Bonchev–Trinajstić information content (AvgIpc) is 2.92. The van der Waals surface area contributed by atoms with Gasteiger partial charge in [-0.1, -0.05) is 6.92 Å². The predicted octanol–water partition coefficient (Wildman–Crippen LogP) is 3.70. The van der Waals surface area contributed by atoms with E-state index in [-0.39, 0.29) is 11.3 Å². The summed E-state index contributed by atoms with van der Waals surface area (Å²) in [5, 5.41) is 22.8. The van der Waals surface area contributed by atoms with Crippen molar-refractivity contribution in [3.8, 4) is 6.07 Å². The molecule has 0 amide bonds. The molecule has 1 aromatic carbocycles. The quantitative estimate of drug-likeness (QED) is 0.671. The number of rotatable bonds is 5. The van der Waals surface area contributed by atoms with E-state index in [0.29, 0.717) is 12.2 Å². The molecule has 1 heterocycles. The Morgan fingerprint density at radius 2 is 2.10 bits per heavy atom. The third-order valence-electron chi connectivity index (χ3n) is 2.85. The molecule has 2 aromatic rings. The molecule has 1 N–H and O–H groups in total. The van der Waals surface area contributed by atoms with Gasteiger partial charge in [0.1, 0.15) is 11.6 Å². The first kappa shape index (κ1) is 14.0. The fourth-order valence-electron chi connectivity index (χ4n) is 1.78. The topological polar surface area (TPSA) is 79.0 Å². The molecule has 0 radical (unpaired) electrons. The number of aryl methyl sites for hydroxylation is 1. The minimum Gasteiger partial charge on any atom is -0.380 e. The van der Waals surface area contributed by atoms with Gasteiger partial charge in [0.15, 0.2) is 0 Å². The van der Waals surface area contributed by atoms with Crippen LogP contribution in [0.4, 0.5) is 11.4 Å². The van der Waals surface area contributed by atoms with Crippen molar-refractivity contribution in [1.82, 2.24) is 0 Å². The first-order valence-corrected chi connectivity index (χ1v) is 6.95. The van der Waals surface area contributed by atoms with Gasteiger partial charge in [-0.15, -0.1) is 11.3 Å². The molecule has 102 valence electrons. The summed E-state index contributed by atoms with van der Waals surface area (Å²) in [5.41, 5.74) is 0.546. The second-order valence-electron chi connectivity index (χ2n) is 4.18. The van der Waals surface area contributed by atoms with Crippen LogP contribution in [-0.2, 0) is 13.0 Å². The van der Waals surface area contributed by atoms with Crippen LogP contribution in [0.25, 0.3) is 0 Å². The molecular formula is C14H13N3O2S. The van der Waals surface area contributed by atoms with E-state index in [1.807, 2.05) is 6.07 Å². The standard InChI is InChI=1S/C14H13N3O2S/c1-2-12-5-6-13(20-12)9-16-11-4-3-10(8-15)14(7-11)17(18)19/h3-7,16H,2,9H2,1H3. The van der Waals surface area contributed by atoms with Crippen molar-refractivity contribution in [2.75, 3.05) is 5.32 Å². The normalized spacial score (nSPS) is 10.0. The summed E-state index contributed by atoms with van der Waals surface area (Å²) in [6.07, 6.45) is 1.01. The lowest BCUT2D eigenvalue weighted by Crippen LogP contribution is -1.99. The summed E-state index contributed by atoms with van der Waals surface area (Å²) in [6.45, 7) is 2.72. The molecule has 20 heavy (non-hydrogen) atoms. The van der Waals surface area contributed by atoms with Crippen LogP contribution in [0.5, 0.6) is 0 Å². The summed E-state index contributed by atoms with van der Waals surface area (Å²) in [7, 11) is 0. The summed E-state index contributed by atoms with van der Waals surface area (Å²) in [6, 6.07) is 10.5. The smallest absolute Gasteiger partial charge is 0.289 e. The molecule has 0 aliphatic rings. The van der Waals surface area contributed by atoms with Gasteiger partial charge in [0.25, 0.3) is 5.69 Å². The zero-order valence-corrected chi connectivity index (χ0v) is 11.7. The Kier molecular flexibility index (Phi) is 4.33. The highest BCUT2D eigenvalue weighted by atomic mass is 32.1. The average molecular weight is 287 g/mol. The molecule has 2 rings (SSSR count). The number of benzene rings is 1. The Morgan fingerprint density at radius 1 is 1.35 bits per heavy atom. The highest BCUT2D eigenvalue weighted by Gasteiger charge is 2.14. The zero-order chi connectivity index (χ0) is 14.5. The minimum absolute atomic E-state index is 0.0740. The Labute approximate surface area is 120 Å². The second kappa shape index (κ2) is 6.17. The summed E-state index contributed by atoms with van der Waals surface area (Å²) in [5.74, 6) is 0. The number of nitro groups is 1. The van der Waals surface area contributed by atoms with Crippen LogP contribution < -0.4 is 5.32 Å². The lowest BCUT2D eigenvalue weighted by Gasteiger charge is -2.05. The number of anilines is 1. The molecule has 0 aliphatic heterocycles. The van der Waals surface area contributed by atoms with Crippen molar-refractivity contribution >= 4 is 22.7 Å². The van der Waals surface area contributed by atoms with E-state index in [9.17, 15) is 10.1 Å². The third-order valence-corrected chi connectivity index (χ3v) is 4.08. The number of nitrogens with zero attached hydrogens (tertiary/aromatic N) is 2. The van der Waals surface area contributed by atoms with E-state index in [1.165, 1.54) is 21.9 Å². The van der Waals surface area contributed by atoms with Gasteiger partial charge < -0.3 is 5.32 Å². The molecule has 0 unspecified atom stereocenters. The molecular weight excluding hydrogens is 274 g/mol. The van der Waals surface area contributed by atoms with E-state index in [1.54, 1.807) is 17.4 Å². The van der Waals surface area contributed by atoms with Gasteiger partial charge >= 0.3 is 0 Å². The van der Waals surface area contributed by atoms with Crippen molar-refractivity contribution in [3.63, 3.8) is 0 Å². The zero-order valence-electron chi connectivity index (χ0n) is 10.9. The highest BCUT2D eigenvalue weighted by molar-refractivity contribution is 7.12. The van der Waals surface area contributed by atoms with Crippen molar-refractivity contribution in [2.45, 2.75) is 19.9 Å². The maximum absolute atomic E-state index is 10.9. The molecule has 6 heteroatoms. The Morgan fingerprint density at radius 3 is 2.70 bits per heavy atom. The minimum atomic E-state index is -0.538. The fraction of sp³-hybridized carbons (Fsp3) is 0.214. The van der Waals surface area contributed by atoms with Gasteiger partial charge in [-0.25, -0.2) is 0 Å². The van der Waals surface area contributed by atoms with Gasteiger partial charge in [0.2, 0.25) is 0 Å². The van der Waals surface area contributed by atoms with E-state index < -0.39 is 4.92 Å². The number of thiophene rings is 1. The van der Waals surface area contributed by atoms with Gasteiger partial charge in [-0.3, -0.25) is 10.1 Å². The van der Waals surface area contributed by atoms with Crippen molar-refractivity contribution in [3.05, 3.63) is 55.8 Å². The summed E-state index contributed by atoms with van der Waals surface area (Å²) in [4.78, 5) is 12.8. The first-order valence-electron chi connectivity index (χ1n) is 6.14. The summed E-state index contributed by atoms with van der Waals surface area (Å²) >= 11 is 1.72. The van der Waals surface area contributed by atoms with Crippen LogP contribution in [0.2, 0.25) is 0 Å². The lowest BCUT2D eigenvalue weighted by atomic mass is 10.2. The third kappa shape index (κ3) is 3.13. The number of nitrogens with one attached hydrogen (secondary N) is 1. The highest BCUT2D eigenvalue weighted by Crippen LogP contribution is 2.24. The molecule has 5 nitrogen and oxygen atoms in total. The molecule has 1 aromatic heterocycles. The monoisotopic (exact) mass is 287 g/mol. The number of hydrogen-bond donors (Lipinski definition) is 1. The van der Waals surface area contributed by atoms with Gasteiger partial charge in [-0.2, -0.15) is 5.26 Å². The first-order chi connectivity index (χ1) is 9.63. The van der Waals surface area contributed by atoms with Crippen molar-refractivity contribution < 1.29 is 4.92 Å². The Balaban J connectivity index is 2.12. The molecule has 0 aliphatic carbocycles. The number of hydrogen-bond acceptors (Lipinski definition) is 5. The van der Waals surface area contributed by atoms with Gasteiger partial charge in [0, 0.05) is 28.1 Å².